The Hall–Kier alpha value is -4.72. The Morgan fingerprint density at radius 1 is 0.435 bits per heavy atom. The molecule has 0 aromatic rings. The summed E-state index contributed by atoms with van der Waals surface area (Å²) in [6.07, 6.45) is 87.0. The predicted octanol–water partition coefficient (Wildman–Crippen LogP) is 19.5. The van der Waals surface area contributed by atoms with E-state index in [0.29, 0.717) is 12.8 Å². The van der Waals surface area contributed by atoms with Crippen LogP contribution in [0.2, 0.25) is 0 Å². The number of hydrogen-bond acceptors (Lipinski definition) is 10. The Bertz CT molecular complexity index is 2110. The van der Waals surface area contributed by atoms with Gasteiger partial charge in [-0.25, -0.2) is 0 Å². The molecule has 1 fully saturated rings. The first-order valence-electron chi connectivity index (χ1n) is 36.8. The zero-order chi connectivity index (χ0) is 66.7. The van der Waals surface area contributed by atoms with Gasteiger partial charge in [-0.1, -0.05) is 301 Å². The number of unbranched alkanes of at least 4 members (excludes halogenated alkanes) is 23. The summed E-state index contributed by atoms with van der Waals surface area (Å²) in [6, 6.07) is -1.05. The van der Waals surface area contributed by atoms with Gasteiger partial charge in [0, 0.05) is 6.42 Å². The number of allylic oxidation sites excluding steroid dienone is 25. The standard InChI is InChI=1S/C81H133NO10/c1-4-7-10-13-16-19-22-25-27-29-31-33-35-37-38-39-41-43-45-47-49-51-54-57-60-63-66-69-76(86)92-79-78(88)77(87)75(70-83)91-81(79)90-71-72(73(84)67-64-61-58-55-52-24-21-18-15-12-9-6-3)82-80(89)74(85)68-65-62-59-56-53-50-48-46-44-42-40-36-34-32-30-28-26-23-20-17-14-11-8-5-2/h7-8,10-11,16-17,19-20,25-28,31-34,37-38,40-43,46,48,64,67,72-75,77-79,81,83-85,87-88H,4-6,9,12-15,18,21-24,29-30,35-36,39,44-45,47,49-63,65-66,68-71H2,1-3H3,(H,82,89)/b10-7-,11-8-,19-16-,20-17-,27-25-,28-26-,33-31-,34-32-,38-37-,42-40-,43-41-,48-46-,67-64+. The van der Waals surface area contributed by atoms with Crippen LogP contribution in [0.15, 0.2) is 158 Å². The van der Waals surface area contributed by atoms with Crippen molar-refractivity contribution < 1.29 is 49.3 Å². The quantitative estimate of drug-likeness (QED) is 0.0195. The lowest BCUT2D eigenvalue weighted by Gasteiger charge is -2.41. The third-order valence-electron chi connectivity index (χ3n) is 16.2. The summed E-state index contributed by atoms with van der Waals surface area (Å²) in [7, 11) is 0. The van der Waals surface area contributed by atoms with E-state index in [0.717, 1.165) is 167 Å². The summed E-state index contributed by atoms with van der Waals surface area (Å²) in [6.45, 7) is 5.56. The highest BCUT2D eigenvalue weighted by Crippen LogP contribution is 2.26. The molecule has 1 heterocycles. The van der Waals surface area contributed by atoms with Crippen molar-refractivity contribution in [1.82, 2.24) is 5.32 Å². The lowest BCUT2D eigenvalue weighted by atomic mass is 9.99. The first kappa shape index (κ1) is 85.3. The molecule has 0 aromatic carbocycles. The largest absolute Gasteiger partial charge is 0.454 e. The highest BCUT2D eigenvalue weighted by molar-refractivity contribution is 5.80. The van der Waals surface area contributed by atoms with Crippen LogP contribution in [0.5, 0.6) is 0 Å². The molecule has 6 N–H and O–H groups in total. The molecule has 8 atom stereocenters. The molecular weight excluding hydrogens is 1150 g/mol. The monoisotopic (exact) mass is 1280 g/mol. The Morgan fingerprint density at radius 2 is 0.783 bits per heavy atom. The predicted molar refractivity (Wildman–Crippen MR) is 388 cm³/mol. The second-order valence-electron chi connectivity index (χ2n) is 24.6. The van der Waals surface area contributed by atoms with E-state index >= 15 is 0 Å². The molecule has 1 amide bonds. The maximum absolute atomic E-state index is 13.5. The van der Waals surface area contributed by atoms with Gasteiger partial charge in [0.15, 0.2) is 12.4 Å². The minimum Gasteiger partial charge on any atom is -0.454 e. The average molecular weight is 1280 g/mol. The van der Waals surface area contributed by atoms with Gasteiger partial charge in [-0.2, -0.15) is 0 Å². The Labute approximate surface area is 561 Å². The van der Waals surface area contributed by atoms with Gasteiger partial charge in [0.05, 0.1) is 25.4 Å². The van der Waals surface area contributed by atoms with Crippen molar-refractivity contribution in [2.24, 2.45) is 0 Å². The minimum atomic E-state index is -1.63. The second-order valence-corrected chi connectivity index (χ2v) is 24.6. The molecular formula is C81H133NO10. The number of rotatable bonds is 61. The van der Waals surface area contributed by atoms with E-state index in [1.165, 1.54) is 64.2 Å². The number of nitrogens with one attached hydrogen (secondary N) is 1. The smallest absolute Gasteiger partial charge is 0.306 e. The van der Waals surface area contributed by atoms with Gasteiger partial charge < -0.3 is 45.1 Å². The van der Waals surface area contributed by atoms with E-state index in [9.17, 15) is 35.1 Å². The van der Waals surface area contributed by atoms with Gasteiger partial charge >= 0.3 is 5.97 Å². The van der Waals surface area contributed by atoms with Crippen LogP contribution in [0.3, 0.4) is 0 Å². The van der Waals surface area contributed by atoms with Crippen LogP contribution in [0.1, 0.15) is 278 Å². The molecule has 0 bridgehead atoms. The van der Waals surface area contributed by atoms with Crippen LogP contribution < -0.4 is 5.32 Å². The van der Waals surface area contributed by atoms with Gasteiger partial charge in [-0.15, -0.1) is 0 Å². The number of carbonyl (C=O) groups excluding carboxylic acids is 2. The second kappa shape index (κ2) is 66.3. The van der Waals surface area contributed by atoms with E-state index < -0.39 is 67.4 Å². The third-order valence-corrected chi connectivity index (χ3v) is 16.2. The van der Waals surface area contributed by atoms with Crippen molar-refractivity contribution in [3.05, 3.63) is 158 Å². The molecule has 1 aliphatic heterocycles. The SMILES string of the molecule is CC/C=C\C/C=C\C/C=C\C/C=C\C/C=C\C/C=C\CCCCCCCCCCC(=O)OC1C(OCC(NC(=O)C(O)CCCCCCC/C=C\C/C=C\C/C=C\C/C=C\C/C=C\C/C=C\CC)C(O)/C=C/CCCCCCCCCCCC)OC(CO)C(O)C1O. The summed E-state index contributed by atoms with van der Waals surface area (Å²) < 4.78 is 17.7. The number of aliphatic hydroxyl groups excluding tert-OH is 5. The lowest BCUT2D eigenvalue weighted by molar-refractivity contribution is -0.305. The molecule has 1 saturated heterocycles. The van der Waals surface area contributed by atoms with Gasteiger partial charge in [-0.05, 0) is 128 Å². The van der Waals surface area contributed by atoms with Crippen LogP contribution in [0.25, 0.3) is 0 Å². The number of amides is 1. The maximum atomic E-state index is 13.5. The summed E-state index contributed by atoms with van der Waals surface area (Å²) in [5.41, 5.74) is 0. The molecule has 522 valence electrons. The van der Waals surface area contributed by atoms with Gasteiger partial charge in [0.1, 0.15) is 24.4 Å². The highest BCUT2D eigenvalue weighted by Gasteiger charge is 2.47. The fourth-order valence-corrected chi connectivity index (χ4v) is 10.5. The van der Waals surface area contributed by atoms with Crippen LogP contribution >= 0.6 is 0 Å². The summed E-state index contributed by atoms with van der Waals surface area (Å²) in [5.74, 6) is -1.23. The zero-order valence-corrected chi connectivity index (χ0v) is 58.1. The maximum Gasteiger partial charge on any atom is 0.306 e. The van der Waals surface area contributed by atoms with Crippen molar-refractivity contribution in [3.8, 4) is 0 Å². The zero-order valence-electron chi connectivity index (χ0n) is 58.1. The van der Waals surface area contributed by atoms with Gasteiger partial charge in [0.2, 0.25) is 5.91 Å². The van der Waals surface area contributed by atoms with E-state index in [-0.39, 0.29) is 19.4 Å². The van der Waals surface area contributed by atoms with Gasteiger partial charge in [-0.3, -0.25) is 9.59 Å². The van der Waals surface area contributed by atoms with Gasteiger partial charge in [0.25, 0.3) is 0 Å². The fraction of sp³-hybridized carbons (Fsp3) is 0.654. The Kier molecular flexibility index (Phi) is 61.5. The van der Waals surface area contributed by atoms with Crippen molar-refractivity contribution in [3.63, 3.8) is 0 Å². The minimum absolute atomic E-state index is 0.102. The summed E-state index contributed by atoms with van der Waals surface area (Å²) in [4.78, 5) is 26.7. The van der Waals surface area contributed by atoms with Crippen molar-refractivity contribution >= 4 is 11.9 Å². The molecule has 1 aliphatic rings. The van der Waals surface area contributed by atoms with Crippen LogP contribution in [0, 0.1) is 0 Å². The molecule has 1 rings (SSSR count). The molecule has 0 spiro atoms. The molecule has 11 heteroatoms. The number of aliphatic hydroxyl groups is 5. The first-order valence-corrected chi connectivity index (χ1v) is 36.8. The van der Waals surface area contributed by atoms with E-state index in [2.05, 4.69) is 172 Å². The average Bonchev–Trinajstić information content (AvgIpc) is 0.875. The lowest BCUT2D eigenvalue weighted by Crippen LogP contribution is -2.61. The molecule has 11 nitrogen and oxygen atoms in total. The highest BCUT2D eigenvalue weighted by atomic mass is 16.7. The summed E-state index contributed by atoms with van der Waals surface area (Å²) in [5, 5.41) is 57.3. The van der Waals surface area contributed by atoms with Crippen molar-refractivity contribution in [2.75, 3.05) is 13.2 Å². The van der Waals surface area contributed by atoms with Crippen LogP contribution in [0.4, 0.5) is 0 Å². The normalized spacial score (nSPS) is 18.9. The Balaban J connectivity index is 2.59. The number of hydrogen-bond donors (Lipinski definition) is 6. The number of carbonyl (C=O) groups is 2. The van der Waals surface area contributed by atoms with Crippen LogP contribution in [-0.4, -0.2) is 99.6 Å². The number of esters is 1. The molecule has 0 radical (unpaired) electrons. The topological polar surface area (TPSA) is 175 Å². The van der Waals surface area contributed by atoms with E-state index in [1.54, 1.807) is 6.08 Å². The third kappa shape index (κ3) is 52.6. The van der Waals surface area contributed by atoms with Crippen LogP contribution in [-0.2, 0) is 23.8 Å². The first-order chi connectivity index (χ1) is 45.2. The molecule has 0 saturated carbocycles. The molecule has 0 aliphatic carbocycles. The summed E-state index contributed by atoms with van der Waals surface area (Å²) >= 11 is 0. The molecule has 8 unspecified atom stereocenters. The molecule has 0 aromatic heterocycles. The number of ether oxygens (including phenoxy) is 3. The van der Waals surface area contributed by atoms with Crippen molar-refractivity contribution in [2.45, 2.75) is 327 Å². The molecule has 92 heavy (non-hydrogen) atoms. The Morgan fingerprint density at radius 3 is 1.17 bits per heavy atom. The fourth-order valence-electron chi connectivity index (χ4n) is 10.5. The van der Waals surface area contributed by atoms with E-state index in [1.807, 2.05) is 6.08 Å². The van der Waals surface area contributed by atoms with E-state index in [4.69, 9.17) is 14.2 Å². The van der Waals surface area contributed by atoms with Crippen molar-refractivity contribution in [1.29, 1.82) is 0 Å².